The molecule has 1 fully saturated rings. The number of amides is 1. The lowest BCUT2D eigenvalue weighted by Gasteiger charge is -2.16. The Balaban J connectivity index is 2.74. The fourth-order valence-electron chi connectivity index (χ4n) is 1.36. The van der Waals surface area contributed by atoms with Crippen LogP contribution in [0.4, 0.5) is 4.79 Å². The van der Waals surface area contributed by atoms with Crippen molar-refractivity contribution in [1.29, 1.82) is 0 Å². The number of rotatable bonds is 3. The van der Waals surface area contributed by atoms with Crippen LogP contribution < -0.4 is 0 Å². The van der Waals surface area contributed by atoms with Crippen LogP contribution in [-0.2, 0) is 14.5 Å². The van der Waals surface area contributed by atoms with Gasteiger partial charge >= 0.3 is 16.4 Å². The van der Waals surface area contributed by atoms with E-state index in [0.717, 1.165) is 12.8 Å². The SMILES string of the molecule is CCCCC1COS(=O)(=O)N1C(=O)O. The molecular formula is C7H13NO5S. The molecular weight excluding hydrogens is 210 g/mol. The zero-order valence-corrected chi connectivity index (χ0v) is 8.66. The maximum absolute atomic E-state index is 11.1. The van der Waals surface area contributed by atoms with Crippen molar-refractivity contribution in [3.8, 4) is 0 Å². The molecule has 1 saturated heterocycles. The van der Waals surface area contributed by atoms with Crippen molar-refractivity contribution in [2.75, 3.05) is 6.61 Å². The van der Waals surface area contributed by atoms with Gasteiger partial charge < -0.3 is 5.11 Å². The van der Waals surface area contributed by atoms with E-state index in [1.165, 1.54) is 0 Å². The molecule has 0 saturated carbocycles. The summed E-state index contributed by atoms with van der Waals surface area (Å²) in [4.78, 5) is 10.7. The molecule has 1 heterocycles. The normalized spacial score (nSPS) is 25.2. The van der Waals surface area contributed by atoms with Gasteiger partial charge in [-0.05, 0) is 6.42 Å². The minimum atomic E-state index is -4.03. The number of carboxylic acid groups (broad SMARTS) is 1. The highest BCUT2D eigenvalue weighted by molar-refractivity contribution is 7.85. The van der Waals surface area contributed by atoms with Gasteiger partial charge in [-0.15, -0.1) is 0 Å². The quantitative estimate of drug-likeness (QED) is 0.765. The highest BCUT2D eigenvalue weighted by atomic mass is 32.2. The van der Waals surface area contributed by atoms with Gasteiger partial charge in [0.25, 0.3) is 0 Å². The number of hydrogen-bond donors (Lipinski definition) is 1. The molecule has 14 heavy (non-hydrogen) atoms. The Kier molecular flexibility index (Phi) is 3.33. The first-order chi connectivity index (χ1) is 6.49. The highest BCUT2D eigenvalue weighted by Crippen LogP contribution is 2.22. The molecule has 0 radical (unpaired) electrons. The van der Waals surface area contributed by atoms with Gasteiger partial charge in [0, 0.05) is 0 Å². The minimum Gasteiger partial charge on any atom is -0.464 e. The highest BCUT2D eigenvalue weighted by Gasteiger charge is 2.41. The van der Waals surface area contributed by atoms with Gasteiger partial charge in [0.15, 0.2) is 0 Å². The van der Waals surface area contributed by atoms with E-state index in [0.29, 0.717) is 10.7 Å². The van der Waals surface area contributed by atoms with Gasteiger partial charge in [-0.2, -0.15) is 12.7 Å². The molecule has 1 aliphatic heterocycles. The fraction of sp³-hybridized carbons (Fsp3) is 0.857. The molecule has 6 nitrogen and oxygen atoms in total. The Labute approximate surface area is 82.7 Å². The summed E-state index contributed by atoms with van der Waals surface area (Å²) in [7, 11) is -4.03. The van der Waals surface area contributed by atoms with Crippen molar-refractivity contribution >= 4 is 16.4 Å². The molecule has 7 heteroatoms. The minimum absolute atomic E-state index is 0.0609. The summed E-state index contributed by atoms with van der Waals surface area (Å²) in [5.74, 6) is 0. The largest absolute Gasteiger partial charge is 0.464 e. The lowest BCUT2D eigenvalue weighted by atomic mass is 10.1. The number of hydrogen-bond acceptors (Lipinski definition) is 4. The second-order valence-corrected chi connectivity index (χ2v) is 4.60. The Hall–Kier alpha value is -0.820. The van der Waals surface area contributed by atoms with E-state index in [2.05, 4.69) is 4.18 Å². The molecule has 1 N–H and O–H groups in total. The number of nitrogens with zero attached hydrogens (tertiary/aromatic N) is 1. The zero-order valence-electron chi connectivity index (χ0n) is 7.84. The molecule has 0 aliphatic carbocycles. The Bertz CT molecular complexity index is 312. The predicted molar refractivity (Wildman–Crippen MR) is 48.0 cm³/mol. The second-order valence-electron chi connectivity index (χ2n) is 3.12. The van der Waals surface area contributed by atoms with Crippen molar-refractivity contribution < 1.29 is 22.5 Å². The summed E-state index contributed by atoms with van der Waals surface area (Å²) in [5, 5.41) is 8.69. The standard InChI is InChI=1S/C7H13NO5S/c1-2-3-4-6-5-13-14(11,12)8(6)7(9)10/h6H,2-5H2,1H3,(H,9,10). The van der Waals surface area contributed by atoms with Crippen molar-refractivity contribution in [3.63, 3.8) is 0 Å². The molecule has 82 valence electrons. The van der Waals surface area contributed by atoms with Crippen molar-refractivity contribution in [2.24, 2.45) is 0 Å². The molecule has 0 aromatic rings. The maximum Gasteiger partial charge on any atom is 0.423 e. The van der Waals surface area contributed by atoms with E-state index in [1.54, 1.807) is 0 Å². The van der Waals surface area contributed by atoms with Crippen LogP contribution in [0.15, 0.2) is 0 Å². The van der Waals surface area contributed by atoms with E-state index in [4.69, 9.17) is 5.11 Å². The smallest absolute Gasteiger partial charge is 0.423 e. The van der Waals surface area contributed by atoms with Gasteiger partial charge in [0.1, 0.15) is 0 Å². The third-order valence-electron chi connectivity index (χ3n) is 2.06. The van der Waals surface area contributed by atoms with E-state index in [1.807, 2.05) is 6.92 Å². The van der Waals surface area contributed by atoms with Crippen LogP contribution in [-0.4, -0.2) is 36.6 Å². The molecule has 1 atom stereocenters. The van der Waals surface area contributed by atoms with Gasteiger partial charge in [-0.25, -0.2) is 4.79 Å². The van der Waals surface area contributed by atoms with Crippen molar-refractivity contribution in [1.82, 2.24) is 4.31 Å². The molecule has 1 rings (SSSR count). The van der Waals surface area contributed by atoms with Crippen LogP contribution in [0.5, 0.6) is 0 Å². The third-order valence-corrected chi connectivity index (χ3v) is 3.43. The van der Waals surface area contributed by atoms with Gasteiger partial charge in [-0.1, -0.05) is 19.8 Å². The molecule has 0 spiro atoms. The van der Waals surface area contributed by atoms with Crippen LogP contribution in [0.25, 0.3) is 0 Å². The van der Waals surface area contributed by atoms with Crippen LogP contribution in [0.3, 0.4) is 0 Å². The molecule has 0 bridgehead atoms. The summed E-state index contributed by atoms with van der Waals surface area (Å²) in [5.41, 5.74) is 0. The molecule has 0 aromatic carbocycles. The topological polar surface area (TPSA) is 83.9 Å². The first-order valence-electron chi connectivity index (χ1n) is 4.40. The average Bonchev–Trinajstić information content (AvgIpc) is 2.37. The Morgan fingerprint density at radius 3 is 2.79 bits per heavy atom. The molecule has 0 aromatic heterocycles. The first kappa shape index (κ1) is 11.3. The lowest BCUT2D eigenvalue weighted by molar-refractivity contribution is 0.162. The second kappa shape index (κ2) is 4.14. The summed E-state index contributed by atoms with van der Waals surface area (Å²) in [6, 6.07) is -0.558. The zero-order chi connectivity index (χ0) is 10.8. The summed E-state index contributed by atoms with van der Waals surface area (Å²) >= 11 is 0. The summed E-state index contributed by atoms with van der Waals surface area (Å²) in [6.45, 7) is 1.89. The molecule has 1 unspecified atom stereocenters. The first-order valence-corrected chi connectivity index (χ1v) is 5.77. The van der Waals surface area contributed by atoms with Gasteiger partial charge in [-0.3, -0.25) is 4.18 Å². The van der Waals surface area contributed by atoms with Crippen LogP contribution in [0, 0.1) is 0 Å². The van der Waals surface area contributed by atoms with Gasteiger partial charge in [0.2, 0.25) is 0 Å². The van der Waals surface area contributed by atoms with Crippen LogP contribution >= 0.6 is 0 Å². The monoisotopic (exact) mass is 223 g/mol. The summed E-state index contributed by atoms with van der Waals surface area (Å²) in [6.07, 6.45) is 0.725. The fourth-order valence-corrected chi connectivity index (χ4v) is 2.53. The van der Waals surface area contributed by atoms with E-state index >= 15 is 0 Å². The van der Waals surface area contributed by atoms with E-state index in [9.17, 15) is 13.2 Å². The van der Waals surface area contributed by atoms with Crippen molar-refractivity contribution in [3.05, 3.63) is 0 Å². The third kappa shape index (κ3) is 2.16. The Morgan fingerprint density at radius 1 is 1.64 bits per heavy atom. The Morgan fingerprint density at radius 2 is 2.29 bits per heavy atom. The van der Waals surface area contributed by atoms with Crippen molar-refractivity contribution in [2.45, 2.75) is 32.2 Å². The van der Waals surface area contributed by atoms with E-state index < -0.39 is 22.4 Å². The predicted octanol–water partition coefficient (Wildman–Crippen LogP) is 0.800. The molecule has 1 amide bonds. The van der Waals surface area contributed by atoms with E-state index in [-0.39, 0.29) is 6.61 Å². The molecule has 1 aliphatic rings. The van der Waals surface area contributed by atoms with Crippen LogP contribution in [0.2, 0.25) is 0 Å². The number of unbranched alkanes of at least 4 members (excludes halogenated alkanes) is 1. The van der Waals surface area contributed by atoms with Gasteiger partial charge in [0.05, 0.1) is 12.6 Å². The lowest BCUT2D eigenvalue weighted by Crippen LogP contribution is -2.38. The van der Waals surface area contributed by atoms with Crippen LogP contribution in [0.1, 0.15) is 26.2 Å². The number of carbonyl (C=O) groups is 1. The maximum atomic E-state index is 11.1. The average molecular weight is 223 g/mol. The summed E-state index contributed by atoms with van der Waals surface area (Å²) < 4.78 is 27.0.